The Morgan fingerprint density at radius 2 is 1.97 bits per heavy atom. The molecule has 168 valence electrons. The van der Waals surface area contributed by atoms with E-state index in [1.165, 1.54) is 11.1 Å². The summed E-state index contributed by atoms with van der Waals surface area (Å²) in [4.78, 5) is 22.9. The molecule has 1 spiro atoms. The maximum Gasteiger partial charge on any atom is 0.253 e. The lowest BCUT2D eigenvalue weighted by molar-refractivity contribution is -0.0764. The third kappa shape index (κ3) is 4.17. The molecule has 4 heterocycles. The number of nitrogens with one attached hydrogen (secondary N) is 2. The van der Waals surface area contributed by atoms with Crippen molar-refractivity contribution in [3.63, 3.8) is 0 Å². The monoisotopic (exact) mass is 432 g/mol. The number of carbonyl (C=O) groups is 1. The van der Waals surface area contributed by atoms with Crippen molar-refractivity contribution in [2.75, 3.05) is 19.6 Å². The summed E-state index contributed by atoms with van der Waals surface area (Å²) in [5.74, 6) is -0.0337. The van der Waals surface area contributed by atoms with E-state index in [9.17, 15) is 4.79 Å². The second-order valence-electron chi connectivity index (χ2n) is 9.41. The molecule has 5 rings (SSSR count). The van der Waals surface area contributed by atoms with Crippen LogP contribution in [0.4, 0.5) is 0 Å². The molecule has 2 aliphatic rings. The highest BCUT2D eigenvalue weighted by Crippen LogP contribution is 2.39. The molecule has 0 aliphatic carbocycles. The first-order valence-corrected chi connectivity index (χ1v) is 11.7. The second kappa shape index (κ2) is 8.68. The van der Waals surface area contributed by atoms with Crippen LogP contribution in [0.5, 0.6) is 0 Å². The quantitative estimate of drug-likeness (QED) is 0.636. The number of benzene rings is 1. The number of para-hydroxylation sites is 1. The first-order chi connectivity index (χ1) is 15.5. The van der Waals surface area contributed by atoms with Gasteiger partial charge in [0.05, 0.1) is 22.8 Å². The molecule has 2 N–H and O–H groups in total. The van der Waals surface area contributed by atoms with E-state index in [4.69, 9.17) is 4.74 Å². The Hall–Kier alpha value is -2.70. The summed E-state index contributed by atoms with van der Waals surface area (Å²) in [5, 5.41) is 4.24. The van der Waals surface area contributed by atoms with E-state index in [-0.39, 0.29) is 17.6 Å². The number of aromatic amines is 1. The van der Waals surface area contributed by atoms with Crippen LogP contribution in [0.15, 0.2) is 42.7 Å². The van der Waals surface area contributed by atoms with Crippen LogP contribution in [0, 0.1) is 13.8 Å². The molecule has 2 aliphatic heterocycles. The van der Waals surface area contributed by atoms with Gasteiger partial charge in [0.15, 0.2) is 0 Å². The highest BCUT2D eigenvalue weighted by Gasteiger charge is 2.42. The number of H-pyrrole nitrogens is 1. The number of piperidine rings is 1. The number of aryl methyl sites for hydroxylation is 2. The van der Waals surface area contributed by atoms with E-state index in [1.54, 1.807) is 0 Å². The summed E-state index contributed by atoms with van der Waals surface area (Å²) in [5.41, 5.74) is 5.23. The van der Waals surface area contributed by atoms with Crippen molar-refractivity contribution in [2.45, 2.75) is 57.8 Å². The Bertz CT molecular complexity index is 1100. The number of hydrogen-bond donors (Lipinski definition) is 2. The molecule has 0 bridgehead atoms. The van der Waals surface area contributed by atoms with Crippen molar-refractivity contribution >= 4 is 16.8 Å². The van der Waals surface area contributed by atoms with Gasteiger partial charge in [0, 0.05) is 49.7 Å². The van der Waals surface area contributed by atoms with Crippen molar-refractivity contribution in [3.8, 4) is 0 Å². The van der Waals surface area contributed by atoms with Gasteiger partial charge in [-0.2, -0.15) is 0 Å². The molecule has 6 heteroatoms. The third-order valence-corrected chi connectivity index (χ3v) is 7.34. The first kappa shape index (κ1) is 21.2. The van der Waals surface area contributed by atoms with Crippen molar-refractivity contribution in [1.82, 2.24) is 20.2 Å². The lowest BCUT2D eigenvalue weighted by Crippen LogP contribution is -2.44. The van der Waals surface area contributed by atoms with E-state index in [0.29, 0.717) is 12.1 Å². The Morgan fingerprint density at radius 3 is 2.75 bits per heavy atom. The number of aromatic nitrogens is 2. The molecule has 2 aromatic heterocycles. The Labute approximate surface area is 189 Å². The normalized spacial score (nSPS) is 20.8. The highest BCUT2D eigenvalue weighted by molar-refractivity contribution is 6.06. The Kier molecular flexibility index (Phi) is 5.74. The van der Waals surface area contributed by atoms with Gasteiger partial charge in [0.2, 0.25) is 0 Å². The number of fused-ring (bicyclic) bond motifs is 1. The molecule has 3 aromatic rings. The standard InChI is InChI=1S/C26H32N4O2/c1-18-19(2)29-24-22(18)4-3-5-23(24)25(31)28-16-21-6-9-26(32-21)10-14-30(15-11-26)17-20-7-12-27-13-8-20/h3-5,7-8,12-13,21,29H,6,9-11,14-17H2,1-2H3,(H,28,31). The van der Waals surface area contributed by atoms with Gasteiger partial charge in [-0.1, -0.05) is 12.1 Å². The highest BCUT2D eigenvalue weighted by atomic mass is 16.5. The summed E-state index contributed by atoms with van der Waals surface area (Å²) >= 11 is 0. The average Bonchev–Trinajstić information content (AvgIpc) is 3.35. The molecular formula is C26H32N4O2. The number of nitrogens with zero attached hydrogens (tertiary/aromatic N) is 2. The second-order valence-corrected chi connectivity index (χ2v) is 9.41. The Morgan fingerprint density at radius 1 is 1.19 bits per heavy atom. The molecule has 0 radical (unpaired) electrons. The van der Waals surface area contributed by atoms with Crippen molar-refractivity contribution < 1.29 is 9.53 Å². The van der Waals surface area contributed by atoms with Crippen LogP contribution < -0.4 is 5.32 Å². The van der Waals surface area contributed by atoms with E-state index >= 15 is 0 Å². The van der Waals surface area contributed by atoms with E-state index in [0.717, 1.165) is 61.9 Å². The van der Waals surface area contributed by atoms with Gasteiger partial charge in [-0.3, -0.25) is 14.7 Å². The van der Waals surface area contributed by atoms with Crippen molar-refractivity contribution in [2.24, 2.45) is 0 Å². The van der Waals surface area contributed by atoms with Crippen molar-refractivity contribution in [1.29, 1.82) is 0 Å². The van der Waals surface area contributed by atoms with E-state index in [2.05, 4.69) is 45.3 Å². The van der Waals surface area contributed by atoms with E-state index < -0.39 is 0 Å². The molecule has 1 amide bonds. The van der Waals surface area contributed by atoms with Crippen LogP contribution in [0.2, 0.25) is 0 Å². The van der Waals surface area contributed by atoms with Gasteiger partial charge in [-0.25, -0.2) is 0 Å². The minimum Gasteiger partial charge on any atom is -0.370 e. The molecule has 1 atom stereocenters. The molecule has 0 saturated carbocycles. The Balaban J connectivity index is 1.14. The SMILES string of the molecule is Cc1[nH]c2c(C(=O)NCC3CCC4(CCN(Cc5ccncc5)CC4)O3)cccc2c1C. The minimum absolute atomic E-state index is 0.0160. The van der Waals surface area contributed by atoms with Crippen LogP contribution in [0.25, 0.3) is 10.9 Å². The fourth-order valence-corrected chi connectivity index (χ4v) is 5.25. The van der Waals surface area contributed by atoms with Crippen molar-refractivity contribution in [3.05, 3.63) is 65.1 Å². The zero-order valence-corrected chi connectivity index (χ0v) is 19.0. The average molecular weight is 433 g/mol. The van der Waals surface area contributed by atoms with E-state index in [1.807, 2.05) is 31.5 Å². The number of ether oxygens (including phenoxy) is 1. The zero-order chi connectivity index (χ0) is 22.1. The van der Waals surface area contributed by atoms with Gasteiger partial charge in [0.25, 0.3) is 5.91 Å². The predicted molar refractivity (Wildman–Crippen MR) is 126 cm³/mol. The molecule has 1 aromatic carbocycles. The third-order valence-electron chi connectivity index (χ3n) is 7.34. The number of hydrogen-bond acceptors (Lipinski definition) is 4. The van der Waals surface area contributed by atoms with Crippen LogP contribution in [0.1, 0.15) is 52.9 Å². The van der Waals surface area contributed by atoms with Gasteiger partial charge in [0.1, 0.15) is 0 Å². The summed E-state index contributed by atoms with van der Waals surface area (Å²) < 4.78 is 6.53. The maximum atomic E-state index is 12.9. The fraction of sp³-hybridized carbons (Fsp3) is 0.462. The summed E-state index contributed by atoms with van der Waals surface area (Å²) in [6.07, 6.45) is 8.02. The number of likely N-dealkylation sites (tertiary alicyclic amines) is 1. The fourth-order valence-electron chi connectivity index (χ4n) is 5.25. The van der Waals surface area contributed by atoms with Crippen LogP contribution in [0.3, 0.4) is 0 Å². The molecular weight excluding hydrogens is 400 g/mol. The largest absolute Gasteiger partial charge is 0.370 e. The number of pyridine rings is 1. The summed E-state index contributed by atoms with van der Waals surface area (Å²) in [7, 11) is 0. The van der Waals surface area contributed by atoms with Gasteiger partial charge >= 0.3 is 0 Å². The maximum absolute atomic E-state index is 12.9. The molecule has 2 fully saturated rings. The lowest BCUT2D eigenvalue weighted by Gasteiger charge is -2.39. The number of carbonyl (C=O) groups excluding carboxylic acids is 1. The first-order valence-electron chi connectivity index (χ1n) is 11.7. The zero-order valence-electron chi connectivity index (χ0n) is 19.0. The molecule has 2 saturated heterocycles. The topological polar surface area (TPSA) is 70.2 Å². The van der Waals surface area contributed by atoms with Crippen LogP contribution in [-0.4, -0.2) is 52.1 Å². The van der Waals surface area contributed by atoms with Gasteiger partial charge < -0.3 is 15.0 Å². The smallest absolute Gasteiger partial charge is 0.253 e. The lowest BCUT2D eigenvalue weighted by atomic mass is 9.88. The van der Waals surface area contributed by atoms with Gasteiger partial charge in [-0.15, -0.1) is 0 Å². The van der Waals surface area contributed by atoms with Crippen LogP contribution >= 0.6 is 0 Å². The van der Waals surface area contributed by atoms with Gasteiger partial charge in [-0.05, 0) is 68.9 Å². The molecule has 1 unspecified atom stereocenters. The number of rotatable bonds is 5. The summed E-state index contributed by atoms with van der Waals surface area (Å²) in [6, 6.07) is 10.1. The predicted octanol–water partition coefficient (Wildman–Crippen LogP) is 4.12. The molecule has 6 nitrogen and oxygen atoms in total. The molecule has 32 heavy (non-hydrogen) atoms. The number of amides is 1. The summed E-state index contributed by atoms with van der Waals surface area (Å²) in [6.45, 7) is 7.77. The minimum atomic E-state index is -0.0337. The van der Waals surface area contributed by atoms with Crippen LogP contribution in [-0.2, 0) is 11.3 Å².